The number of ether oxygens (including phenoxy) is 2. The molecule has 0 aromatic heterocycles. The summed E-state index contributed by atoms with van der Waals surface area (Å²) in [5.41, 5.74) is 0.986. The molecule has 5 heteroatoms. The Morgan fingerprint density at radius 3 is 2.58 bits per heavy atom. The smallest absolute Gasteiger partial charge is 0.220 e. The van der Waals surface area contributed by atoms with Crippen LogP contribution in [0.5, 0.6) is 11.5 Å². The molecule has 106 valence electrons. The van der Waals surface area contributed by atoms with E-state index in [0.717, 1.165) is 18.5 Å². The molecular formula is C14H22N2O3. The molecule has 1 aromatic rings. The SMILES string of the molecule is CNCCCC(=O)NCc1ccc(OC)c(OC)c1. The van der Waals surface area contributed by atoms with Gasteiger partial charge in [-0.2, -0.15) is 0 Å². The lowest BCUT2D eigenvalue weighted by molar-refractivity contribution is -0.121. The highest BCUT2D eigenvalue weighted by atomic mass is 16.5. The molecule has 0 fully saturated rings. The molecule has 0 spiro atoms. The summed E-state index contributed by atoms with van der Waals surface area (Å²) in [5.74, 6) is 1.42. The van der Waals surface area contributed by atoms with Gasteiger partial charge in [-0.15, -0.1) is 0 Å². The molecule has 5 nitrogen and oxygen atoms in total. The van der Waals surface area contributed by atoms with E-state index >= 15 is 0 Å². The highest BCUT2D eigenvalue weighted by Gasteiger charge is 2.06. The molecule has 0 atom stereocenters. The Kier molecular flexibility index (Phi) is 6.74. The number of hydrogen-bond donors (Lipinski definition) is 2. The Morgan fingerprint density at radius 2 is 1.95 bits per heavy atom. The first-order valence-corrected chi connectivity index (χ1v) is 6.33. The van der Waals surface area contributed by atoms with Gasteiger partial charge in [-0.3, -0.25) is 4.79 Å². The Balaban J connectivity index is 2.47. The second kappa shape index (κ2) is 8.37. The van der Waals surface area contributed by atoms with Crippen molar-refractivity contribution in [1.82, 2.24) is 10.6 Å². The summed E-state index contributed by atoms with van der Waals surface area (Å²) >= 11 is 0. The van der Waals surface area contributed by atoms with Gasteiger partial charge in [-0.1, -0.05) is 6.07 Å². The summed E-state index contributed by atoms with van der Waals surface area (Å²) in [7, 11) is 5.07. The van der Waals surface area contributed by atoms with Crippen LogP contribution in [0.3, 0.4) is 0 Å². The van der Waals surface area contributed by atoms with Gasteiger partial charge < -0.3 is 20.1 Å². The predicted molar refractivity (Wildman–Crippen MR) is 74.6 cm³/mol. The Hall–Kier alpha value is -1.75. The Labute approximate surface area is 114 Å². The molecule has 0 heterocycles. The number of hydrogen-bond acceptors (Lipinski definition) is 4. The summed E-state index contributed by atoms with van der Waals surface area (Å²) in [6, 6.07) is 5.61. The first kappa shape index (κ1) is 15.3. The minimum Gasteiger partial charge on any atom is -0.493 e. The summed E-state index contributed by atoms with van der Waals surface area (Å²) in [6.45, 7) is 1.35. The number of nitrogens with one attached hydrogen (secondary N) is 2. The van der Waals surface area contributed by atoms with Gasteiger partial charge in [0.25, 0.3) is 0 Å². The van der Waals surface area contributed by atoms with E-state index in [4.69, 9.17) is 9.47 Å². The summed E-state index contributed by atoms with van der Waals surface area (Å²) in [4.78, 5) is 11.6. The summed E-state index contributed by atoms with van der Waals surface area (Å²) in [6.07, 6.45) is 1.38. The van der Waals surface area contributed by atoms with Gasteiger partial charge in [-0.05, 0) is 37.7 Å². The van der Waals surface area contributed by atoms with Crippen molar-refractivity contribution in [3.05, 3.63) is 23.8 Å². The van der Waals surface area contributed by atoms with Gasteiger partial charge >= 0.3 is 0 Å². The van der Waals surface area contributed by atoms with Crippen molar-refractivity contribution in [2.75, 3.05) is 27.8 Å². The zero-order valence-electron chi connectivity index (χ0n) is 11.8. The van der Waals surface area contributed by atoms with E-state index in [-0.39, 0.29) is 5.91 Å². The molecule has 0 radical (unpaired) electrons. The molecule has 0 aliphatic heterocycles. The van der Waals surface area contributed by atoms with Crippen LogP contribution in [0.15, 0.2) is 18.2 Å². The van der Waals surface area contributed by atoms with E-state index in [9.17, 15) is 4.79 Å². The van der Waals surface area contributed by atoms with Crippen molar-refractivity contribution in [3.63, 3.8) is 0 Å². The van der Waals surface area contributed by atoms with E-state index in [1.54, 1.807) is 14.2 Å². The number of carbonyl (C=O) groups excluding carboxylic acids is 1. The van der Waals surface area contributed by atoms with Crippen LogP contribution in [0.4, 0.5) is 0 Å². The maximum atomic E-state index is 11.6. The summed E-state index contributed by atoms with van der Waals surface area (Å²) in [5, 5.41) is 5.90. The van der Waals surface area contributed by atoms with Gasteiger partial charge in [0.1, 0.15) is 0 Å². The fourth-order valence-electron chi connectivity index (χ4n) is 1.71. The van der Waals surface area contributed by atoms with E-state index < -0.39 is 0 Å². The quantitative estimate of drug-likeness (QED) is 0.697. The lowest BCUT2D eigenvalue weighted by Gasteiger charge is -2.10. The molecule has 1 aromatic carbocycles. The van der Waals surface area contributed by atoms with Gasteiger partial charge in [0.05, 0.1) is 14.2 Å². The van der Waals surface area contributed by atoms with Crippen molar-refractivity contribution in [2.24, 2.45) is 0 Å². The average Bonchev–Trinajstić information content (AvgIpc) is 2.45. The van der Waals surface area contributed by atoms with E-state index in [2.05, 4.69) is 10.6 Å². The topological polar surface area (TPSA) is 59.6 Å². The third-order valence-electron chi connectivity index (χ3n) is 2.77. The van der Waals surface area contributed by atoms with Crippen LogP contribution in [-0.2, 0) is 11.3 Å². The van der Waals surface area contributed by atoms with Gasteiger partial charge in [0, 0.05) is 13.0 Å². The molecule has 0 saturated carbocycles. The van der Waals surface area contributed by atoms with Gasteiger partial charge in [0.15, 0.2) is 11.5 Å². The second-order valence-electron chi connectivity index (χ2n) is 4.17. The molecule has 0 aliphatic rings. The van der Waals surface area contributed by atoms with Crippen LogP contribution >= 0.6 is 0 Å². The zero-order chi connectivity index (χ0) is 14.1. The van der Waals surface area contributed by atoms with Crippen molar-refractivity contribution in [1.29, 1.82) is 0 Å². The van der Waals surface area contributed by atoms with E-state index in [1.165, 1.54) is 0 Å². The first-order chi connectivity index (χ1) is 9.21. The molecule has 1 rings (SSSR count). The fourth-order valence-corrected chi connectivity index (χ4v) is 1.71. The third-order valence-corrected chi connectivity index (χ3v) is 2.77. The minimum absolute atomic E-state index is 0.0602. The second-order valence-corrected chi connectivity index (χ2v) is 4.17. The summed E-state index contributed by atoms with van der Waals surface area (Å²) < 4.78 is 10.4. The predicted octanol–water partition coefficient (Wildman–Crippen LogP) is 1.32. The largest absolute Gasteiger partial charge is 0.493 e. The molecule has 0 unspecified atom stereocenters. The van der Waals surface area contributed by atoms with Crippen molar-refractivity contribution in [3.8, 4) is 11.5 Å². The molecule has 19 heavy (non-hydrogen) atoms. The van der Waals surface area contributed by atoms with E-state index in [1.807, 2.05) is 25.2 Å². The van der Waals surface area contributed by atoms with Crippen molar-refractivity contribution in [2.45, 2.75) is 19.4 Å². The molecule has 0 bridgehead atoms. The monoisotopic (exact) mass is 266 g/mol. The Bertz CT molecular complexity index is 408. The molecule has 2 N–H and O–H groups in total. The fraction of sp³-hybridized carbons (Fsp3) is 0.500. The van der Waals surface area contributed by atoms with Crippen LogP contribution in [-0.4, -0.2) is 33.7 Å². The minimum atomic E-state index is 0.0602. The number of methoxy groups -OCH3 is 2. The number of rotatable bonds is 8. The lowest BCUT2D eigenvalue weighted by atomic mass is 10.2. The molecular weight excluding hydrogens is 244 g/mol. The average molecular weight is 266 g/mol. The normalized spacial score (nSPS) is 10.1. The maximum Gasteiger partial charge on any atom is 0.220 e. The van der Waals surface area contributed by atoms with Crippen LogP contribution in [0.25, 0.3) is 0 Å². The van der Waals surface area contributed by atoms with Crippen LogP contribution in [0, 0.1) is 0 Å². The van der Waals surface area contributed by atoms with Crippen LogP contribution < -0.4 is 20.1 Å². The van der Waals surface area contributed by atoms with E-state index in [0.29, 0.717) is 24.5 Å². The Morgan fingerprint density at radius 1 is 1.21 bits per heavy atom. The van der Waals surface area contributed by atoms with Crippen LogP contribution in [0.2, 0.25) is 0 Å². The molecule has 0 aliphatic carbocycles. The lowest BCUT2D eigenvalue weighted by Crippen LogP contribution is -2.23. The maximum absolute atomic E-state index is 11.6. The number of benzene rings is 1. The van der Waals surface area contributed by atoms with Crippen molar-refractivity contribution < 1.29 is 14.3 Å². The molecule has 1 amide bonds. The van der Waals surface area contributed by atoms with Gasteiger partial charge in [-0.25, -0.2) is 0 Å². The van der Waals surface area contributed by atoms with Crippen LogP contribution in [0.1, 0.15) is 18.4 Å². The standard InChI is InChI=1S/C14H22N2O3/c1-15-8-4-5-14(17)16-10-11-6-7-12(18-2)13(9-11)19-3/h6-7,9,15H,4-5,8,10H2,1-3H3,(H,16,17). The number of amides is 1. The highest BCUT2D eigenvalue weighted by Crippen LogP contribution is 2.27. The van der Waals surface area contributed by atoms with Gasteiger partial charge in [0.2, 0.25) is 5.91 Å². The van der Waals surface area contributed by atoms with Crippen molar-refractivity contribution >= 4 is 5.91 Å². The zero-order valence-corrected chi connectivity index (χ0v) is 11.8. The molecule has 0 saturated heterocycles. The third kappa shape index (κ3) is 5.18. The first-order valence-electron chi connectivity index (χ1n) is 6.33. The highest BCUT2D eigenvalue weighted by molar-refractivity contribution is 5.75. The number of carbonyl (C=O) groups is 1.